The zero-order chi connectivity index (χ0) is 8.91. The number of rotatable bonds is 5. The van der Waals surface area contributed by atoms with E-state index in [1.807, 2.05) is 21.1 Å². The number of aliphatic hydroxyl groups excluding tert-OH is 2. The molecule has 0 fully saturated rings. The second kappa shape index (κ2) is 4.70. The fourth-order valence-corrected chi connectivity index (χ4v) is 0.974. The molecule has 0 aliphatic carbocycles. The molecule has 0 aliphatic heterocycles. The van der Waals surface area contributed by atoms with Crippen LogP contribution in [0.15, 0.2) is 0 Å². The van der Waals surface area contributed by atoms with Gasteiger partial charge in [0, 0.05) is 6.61 Å². The lowest BCUT2D eigenvalue weighted by Crippen LogP contribution is -2.41. The van der Waals surface area contributed by atoms with Crippen LogP contribution in [0.25, 0.3) is 0 Å². The van der Waals surface area contributed by atoms with Crippen molar-refractivity contribution >= 4 is 0 Å². The van der Waals surface area contributed by atoms with Crippen LogP contribution < -0.4 is 0 Å². The van der Waals surface area contributed by atoms with Crippen LogP contribution in [0.5, 0.6) is 0 Å². The molecule has 0 saturated heterocycles. The number of hydrogen-bond acceptors (Lipinski definition) is 2. The van der Waals surface area contributed by atoms with E-state index in [4.69, 9.17) is 5.11 Å². The summed E-state index contributed by atoms with van der Waals surface area (Å²) in [6.45, 7) is 0.769. The van der Waals surface area contributed by atoms with Gasteiger partial charge in [-0.25, -0.2) is 0 Å². The predicted molar refractivity (Wildman–Crippen MR) is 44.9 cm³/mol. The first-order valence-electron chi connectivity index (χ1n) is 3.87. The topological polar surface area (TPSA) is 40.5 Å². The highest BCUT2D eigenvalue weighted by Crippen LogP contribution is 2.00. The third-order valence-corrected chi connectivity index (χ3v) is 1.33. The van der Waals surface area contributed by atoms with E-state index in [2.05, 4.69) is 0 Å². The molecule has 1 radical (unpaired) electrons. The summed E-state index contributed by atoms with van der Waals surface area (Å²) in [6, 6.07) is 0. The molecule has 0 aromatic carbocycles. The molecule has 0 amide bonds. The molecule has 11 heavy (non-hydrogen) atoms. The summed E-state index contributed by atoms with van der Waals surface area (Å²) < 4.78 is 0.750. The summed E-state index contributed by atoms with van der Waals surface area (Å²) in [4.78, 5) is 0. The third-order valence-electron chi connectivity index (χ3n) is 1.33. The van der Waals surface area contributed by atoms with Crippen molar-refractivity contribution in [1.29, 1.82) is 0 Å². The Morgan fingerprint density at radius 2 is 1.91 bits per heavy atom. The standard InChI is InChI=1S/C8H19NO2/c1-9(2,3)7-8(11)5-4-6-10/h4,8,10-11H,5-7H2,1-3H3/q+1. The van der Waals surface area contributed by atoms with Crippen molar-refractivity contribution in [2.24, 2.45) is 0 Å². The molecule has 1 atom stereocenters. The van der Waals surface area contributed by atoms with Gasteiger partial charge in [-0.15, -0.1) is 0 Å². The van der Waals surface area contributed by atoms with Crippen molar-refractivity contribution < 1.29 is 14.7 Å². The van der Waals surface area contributed by atoms with Gasteiger partial charge in [0.25, 0.3) is 0 Å². The van der Waals surface area contributed by atoms with Gasteiger partial charge in [0.2, 0.25) is 0 Å². The third kappa shape index (κ3) is 7.78. The zero-order valence-electron chi connectivity index (χ0n) is 7.62. The first kappa shape index (κ1) is 10.9. The Kier molecular flexibility index (Phi) is 4.65. The van der Waals surface area contributed by atoms with Crippen molar-refractivity contribution in [3.05, 3.63) is 6.42 Å². The zero-order valence-corrected chi connectivity index (χ0v) is 7.62. The normalized spacial score (nSPS) is 15.0. The van der Waals surface area contributed by atoms with Gasteiger partial charge in [-0.1, -0.05) is 0 Å². The van der Waals surface area contributed by atoms with Gasteiger partial charge in [-0.3, -0.25) is 0 Å². The molecule has 0 saturated carbocycles. The largest absolute Gasteiger partial charge is 0.396 e. The highest BCUT2D eigenvalue weighted by atomic mass is 16.3. The maximum atomic E-state index is 9.36. The Bertz CT molecular complexity index is 98.8. The van der Waals surface area contributed by atoms with Gasteiger partial charge < -0.3 is 14.7 Å². The lowest BCUT2D eigenvalue weighted by atomic mass is 10.2. The van der Waals surface area contributed by atoms with Gasteiger partial charge in [-0.05, 0) is 12.8 Å². The first-order chi connectivity index (χ1) is 4.95. The van der Waals surface area contributed by atoms with Crippen molar-refractivity contribution in [2.75, 3.05) is 34.3 Å². The lowest BCUT2D eigenvalue weighted by Gasteiger charge is -2.26. The molecule has 0 aliphatic rings. The molecule has 67 valence electrons. The van der Waals surface area contributed by atoms with Crippen molar-refractivity contribution in [1.82, 2.24) is 0 Å². The smallest absolute Gasteiger partial charge is 0.104 e. The van der Waals surface area contributed by atoms with E-state index in [0.717, 1.165) is 11.0 Å². The molecule has 0 rings (SSSR count). The van der Waals surface area contributed by atoms with Crippen LogP contribution in [0, 0.1) is 6.42 Å². The van der Waals surface area contributed by atoms with Crippen LogP contribution in [0.1, 0.15) is 6.42 Å². The summed E-state index contributed by atoms with van der Waals surface area (Å²) >= 11 is 0. The molecular weight excluding hydrogens is 142 g/mol. The number of hydrogen-bond donors (Lipinski definition) is 2. The van der Waals surface area contributed by atoms with E-state index < -0.39 is 0 Å². The molecule has 3 nitrogen and oxygen atoms in total. The Balaban J connectivity index is 3.44. The van der Waals surface area contributed by atoms with E-state index >= 15 is 0 Å². The Morgan fingerprint density at radius 3 is 2.27 bits per heavy atom. The van der Waals surface area contributed by atoms with Gasteiger partial charge in [0.05, 0.1) is 21.1 Å². The number of quaternary nitrogens is 1. The van der Waals surface area contributed by atoms with Gasteiger partial charge >= 0.3 is 0 Å². The first-order valence-corrected chi connectivity index (χ1v) is 3.87. The maximum Gasteiger partial charge on any atom is 0.104 e. The van der Waals surface area contributed by atoms with E-state index in [1.54, 1.807) is 6.42 Å². The molecular formula is C8H19NO2+. The highest BCUT2D eigenvalue weighted by Gasteiger charge is 2.14. The summed E-state index contributed by atoms with van der Waals surface area (Å²) in [5.74, 6) is 0. The number of likely N-dealkylation sites (N-methyl/N-ethyl adjacent to an activating group) is 1. The molecule has 2 N–H and O–H groups in total. The van der Waals surface area contributed by atoms with Crippen molar-refractivity contribution in [2.45, 2.75) is 12.5 Å². The molecule has 0 bridgehead atoms. The predicted octanol–water partition coefficient (Wildman–Crippen LogP) is -0.360. The van der Waals surface area contributed by atoms with E-state index in [0.29, 0.717) is 6.42 Å². The van der Waals surface area contributed by atoms with Crippen molar-refractivity contribution in [3.8, 4) is 0 Å². The molecule has 0 aromatic rings. The van der Waals surface area contributed by atoms with Crippen LogP contribution in [0.3, 0.4) is 0 Å². The fraction of sp³-hybridized carbons (Fsp3) is 0.875. The van der Waals surface area contributed by atoms with Gasteiger partial charge in [-0.2, -0.15) is 0 Å². The minimum absolute atomic E-state index is 0.0498. The van der Waals surface area contributed by atoms with Crippen LogP contribution in [-0.2, 0) is 0 Å². The van der Waals surface area contributed by atoms with E-state index in [1.165, 1.54) is 0 Å². The second-order valence-electron chi connectivity index (χ2n) is 3.83. The average molecular weight is 161 g/mol. The Hall–Kier alpha value is -0.120. The van der Waals surface area contributed by atoms with Crippen LogP contribution in [0.4, 0.5) is 0 Å². The van der Waals surface area contributed by atoms with Crippen LogP contribution >= 0.6 is 0 Å². The Morgan fingerprint density at radius 1 is 1.36 bits per heavy atom. The second-order valence-corrected chi connectivity index (χ2v) is 3.83. The van der Waals surface area contributed by atoms with E-state index in [9.17, 15) is 5.11 Å². The molecule has 3 heteroatoms. The minimum Gasteiger partial charge on any atom is -0.396 e. The molecule has 1 unspecified atom stereocenters. The lowest BCUT2D eigenvalue weighted by molar-refractivity contribution is -0.873. The molecule has 0 spiro atoms. The van der Waals surface area contributed by atoms with Crippen molar-refractivity contribution in [3.63, 3.8) is 0 Å². The van der Waals surface area contributed by atoms with Gasteiger partial charge in [0.15, 0.2) is 0 Å². The quantitative estimate of drug-likeness (QED) is 0.541. The molecule has 0 heterocycles. The summed E-state index contributed by atoms with van der Waals surface area (Å²) in [5.41, 5.74) is 0. The minimum atomic E-state index is -0.331. The monoisotopic (exact) mass is 161 g/mol. The Labute approximate surface area is 68.9 Å². The summed E-state index contributed by atoms with van der Waals surface area (Å²) in [7, 11) is 6.09. The average Bonchev–Trinajstić information content (AvgIpc) is 1.79. The highest BCUT2D eigenvalue weighted by molar-refractivity contribution is 4.68. The SMILES string of the molecule is C[N+](C)(C)CC(O)C[CH]CO. The van der Waals surface area contributed by atoms with Crippen LogP contribution in [0.2, 0.25) is 0 Å². The maximum absolute atomic E-state index is 9.36. The number of nitrogens with zero attached hydrogens (tertiary/aromatic N) is 1. The van der Waals surface area contributed by atoms with Gasteiger partial charge in [0.1, 0.15) is 12.6 Å². The number of aliphatic hydroxyl groups is 2. The van der Waals surface area contributed by atoms with E-state index in [-0.39, 0.29) is 12.7 Å². The fourth-order valence-electron chi connectivity index (χ4n) is 0.974. The van der Waals surface area contributed by atoms with Crippen LogP contribution in [-0.4, -0.2) is 55.1 Å². The summed E-state index contributed by atoms with van der Waals surface area (Å²) in [5, 5.41) is 17.8. The molecule has 0 aromatic heterocycles. The summed E-state index contributed by atoms with van der Waals surface area (Å²) in [6.07, 6.45) is 1.92.